The Bertz CT molecular complexity index is 843. The van der Waals surface area contributed by atoms with Crippen LogP contribution in [-0.4, -0.2) is 29.7 Å². The summed E-state index contributed by atoms with van der Waals surface area (Å²) in [6.45, 7) is 8.18. The van der Waals surface area contributed by atoms with Crippen LogP contribution in [0.25, 0.3) is 0 Å². The van der Waals surface area contributed by atoms with Crippen LogP contribution in [0.2, 0.25) is 0 Å². The molecule has 0 spiro atoms. The molecule has 1 atom stereocenters. The van der Waals surface area contributed by atoms with Crippen molar-refractivity contribution in [1.29, 1.82) is 0 Å². The van der Waals surface area contributed by atoms with E-state index in [1.807, 2.05) is 51.3 Å². The Kier molecular flexibility index (Phi) is 4.56. The van der Waals surface area contributed by atoms with E-state index in [2.05, 4.69) is 0 Å². The van der Waals surface area contributed by atoms with Crippen molar-refractivity contribution in [3.8, 4) is 0 Å². The zero-order chi connectivity index (χ0) is 18.3. The molecule has 1 aliphatic rings. The highest BCUT2D eigenvalue weighted by Gasteiger charge is 2.37. The van der Waals surface area contributed by atoms with Crippen LogP contribution in [0.4, 0.5) is 16.2 Å². The van der Waals surface area contributed by atoms with E-state index in [0.717, 1.165) is 16.7 Å². The van der Waals surface area contributed by atoms with Crippen molar-refractivity contribution in [2.75, 3.05) is 16.3 Å². The van der Waals surface area contributed by atoms with Crippen LogP contribution < -0.4 is 9.80 Å². The molecule has 132 valence electrons. The van der Waals surface area contributed by atoms with Gasteiger partial charge in [0.1, 0.15) is 0 Å². The Morgan fingerprint density at radius 2 is 1.80 bits per heavy atom. The van der Waals surface area contributed by atoms with Crippen molar-refractivity contribution in [1.82, 2.24) is 0 Å². The van der Waals surface area contributed by atoms with Gasteiger partial charge in [-0.1, -0.05) is 6.92 Å². The monoisotopic (exact) mass is 358 g/mol. The van der Waals surface area contributed by atoms with Gasteiger partial charge in [0.25, 0.3) is 5.91 Å². The quantitative estimate of drug-likeness (QED) is 0.854. The van der Waals surface area contributed by atoms with Crippen molar-refractivity contribution in [3.05, 3.63) is 45.1 Å². The van der Waals surface area contributed by atoms with E-state index < -0.39 is 6.09 Å². The summed E-state index contributed by atoms with van der Waals surface area (Å²) in [5.41, 5.74) is 4.28. The van der Waals surface area contributed by atoms with E-state index in [1.54, 1.807) is 4.90 Å². The fourth-order valence-corrected chi connectivity index (χ4v) is 4.13. The van der Waals surface area contributed by atoms with Gasteiger partial charge in [-0.15, -0.1) is 11.3 Å². The second-order valence-corrected chi connectivity index (χ2v) is 7.40. The lowest BCUT2D eigenvalue weighted by Gasteiger charge is -2.41. The van der Waals surface area contributed by atoms with Crippen molar-refractivity contribution in [2.24, 2.45) is 0 Å². The van der Waals surface area contributed by atoms with E-state index in [4.69, 9.17) is 0 Å². The molecule has 1 aliphatic heterocycles. The summed E-state index contributed by atoms with van der Waals surface area (Å²) in [7, 11) is 0. The summed E-state index contributed by atoms with van der Waals surface area (Å²) in [6.07, 6.45) is -0.331. The first-order chi connectivity index (χ1) is 11.8. The number of carboxylic acid groups (broad SMARTS) is 1. The molecule has 1 unspecified atom stereocenters. The van der Waals surface area contributed by atoms with Crippen LogP contribution in [0.1, 0.15) is 39.7 Å². The molecule has 5 nitrogen and oxygen atoms in total. The molecule has 1 aromatic carbocycles. The number of carbonyl (C=O) groups excluding carboxylic acids is 1. The maximum absolute atomic E-state index is 13.1. The summed E-state index contributed by atoms with van der Waals surface area (Å²) >= 11 is 1.43. The van der Waals surface area contributed by atoms with Gasteiger partial charge in [0.05, 0.1) is 22.3 Å². The number of carbonyl (C=O) groups is 2. The van der Waals surface area contributed by atoms with E-state index >= 15 is 0 Å². The van der Waals surface area contributed by atoms with Crippen molar-refractivity contribution in [3.63, 3.8) is 0 Å². The largest absolute Gasteiger partial charge is 0.465 e. The minimum Gasteiger partial charge on any atom is -0.465 e. The number of rotatable bonds is 2. The van der Waals surface area contributed by atoms with Crippen LogP contribution in [-0.2, 0) is 0 Å². The zero-order valence-corrected chi connectivity index (χ0v) is 15.7. The van der Waals surface area contributed by atoms with E-state index in [0.29, 0.717) is 29.2 Å². The normalized spacial score (nSPS) is 16.7. The van der Waals surface area contributed by atoms with Crippen molar-refractivity contribution in [2.45, 2.75) is 40.2 Å². The first-order valence-corrected chi connectivity index (χ1v) is 9.22. The number of aryl methyl sites for hydroxylation is 3. The predicted molar refractivity (Wildman–Crippen MR) is 101 cm³/mol. The van der Waals surface area contributed by atoms with Crippen LogP contribution in [0, 0.1) is 20.8 Å². The van der Waals surface area contributed by atoms with E-state index in [9.17, 15) is 14.7 Å². The standard InChI is InChI=1S/C19H22N2O3S/c1-5-14-10-20(18(22)17-11(2)6-7-25-17)15-8-12(3)13(4)9-16(15)21(14)19(23)24/h6-9,14H,5,10H2,1-4H3,(H,23,24). The number of hydrogen-bond acceptors (Lipinski definition) is 3. The Morgan fingerprint density at radius 1 is 1.16 bits per heavy atom. The maximum Gasteiger partial charge on any atom is 0.412 e. The van der Waals surface area contributed by atoms with Gasteiger partial charge in [0.2, 0.25) is 0 Å². The average molecular weight is 358 g/mol. The molecule has 0 radical (unpaired) electrons. The molecule has 2 aromatic rings. The zero-order valence-electron chi connectivity index (χ0n) is 14.9. The number of benzene rings is 1. The maximum atomic E-state index is 13.1. The van der Waals surface area contributed by atoms with Crippen molar-refractivity contribution < 1.29 is 14.7 Å². The smallest absolute Gasteiger partial charge is 0.412 e. The minimum absolute atomic E-state index is 0.0551. The molecule has 0 fully saturated rings. The molecule has 0 saturated heterocycles. The van der Waals surface area contributed by atoms with Gasteiger partial charge in [-0.25, -0.2) is 4.79 Å². The summed E-state index contributed by atoms with van der Waals surface area (Å²) in [5.74, 6) is -0.0551. The molecule has 0 aliphatic carbocycles. The molecular weight excluding hydrogens is 336 g/mol. The summed E-state index contributed by atoms with van der Waals surface area (Å²) in [5, 5.41) is 11.6. The van der Waals surface area contributed by atoms with Crippen LogP contribution in [0.3, 0.4) is 0 Å². The Morgan fingerprint density at radius 3 is 2.32 bits per heavy atom. The summed E-state index contributed by atoms with van der Waals surface area (Å²) < 4.78 is 0. The van der Waals surface area contributed by atoms with Gasteiger partial charge in [-0.3, -0.25) is 9.69 Å². The molecule has 1 N–H and O–H groups in total. The lowest BCUT2D eigenvalue weighted by Crippen LogP contribution is -2.52. The average Bonchev–Trinajstić information content (AvgIpc) is 2.99. The number of anilines is 2. The molecule has 2 heterocycles. The fraction of sp³-hybridized carbons (Fsp3) is 0.368. The number of amides is 2. The lowest BCUT2D eigenvalue weighted by molar-refractivity contribution is 0.0986. The topological polar surface area (TPSA) is 60.9 Å². The molecule has 6 heteroatoms. The molecule has 3 rings (SSSR count). The number of fused-ring (bicyclic) bond motifs is 1. The highest BCUT2D eigenvalue weighted by atomic mass is 32.1. The minimum atomic E-state index is -0.976. The highest BCUT2D eigenvalue weighted by Crippen LogP contribution is 2.39. The predicted octanol–water partition coefficient (Wildman–Crippen LogP) is 4.60. The Labute approximate surface area is 151 Å². The van der Waals surface area contributed by atoms with Gasteiger partial charge in [-0.05, 0) is 67.5 Å². The summed E-state index contributed by atoms with van der Waals surface area (Å²) in [4.78, 5) is 28.9. The first kappa shape index (κ1) is 17.5. The molecule has 2 amide bonds. The second-order valence-electron chi connectivity index (χ2n) is 6.49. The van der Waals surface area contributed by atoms with Crippen molar-refractivity contribution >= 4 is 34.7 Å². The van der Waals surface area contributed by atoms with Gasteiger partial charge >= 0.3 is 6.09 Å². The number of thiophene rings is 1. The second kappa shape index (κ2) is 6.52. The third-order valence-corrected chi connectivity index (χ3v) is 5.88. The number of hydrogen-bond donors (Lipinski definition) is 1. The fourth-order valence-electron chi connectivity index (χ4n) is 3.26. The SMILES string of the molecule is CCC1CN(C(=O)c2sccc2C)c2cc(C)c(C)cc2N1C(=O)O. The molecule has 0 bridgehead atoms. The molecular formula is C19H22N2O3S. The van der Waals surface area contributed by atoms with Crippen LogP contribution in [0.5, 0.6) is 0 Å². The van der Waals surface area contributed by atoms with E-state index in [1.165, 1.54) is 16.2 Å². The van der Waals surface area contributed by atoms with Crippen LogP contribution in [0.15, 0.2) is 23.6 Å². The molecule has 0 saturated carbocycles. The molecule has 1 aromatic heterocycles. The molecule has 25 heavy (non-hydrogen) atoms. The first-order valence-electron chi connectivity index (χ1n) is 8.34. The van der Waals surface area contributed by atoms with Gasteiger partial charge < -0.3 is 10.0 Å². The third-order valence-electron chi connectivity index (χ3n) is 4.88. The van der Waals surface area contributed by atoms with Gasteiger partial charge in [0, 0.05) is 6.54 Å². The van der Waals surface area contributed by atoms with Crippen LogP contribution >= 0.6 is 11.3 Å². The lowest BCUT2D eigenvalue weighted by atomic mass is 10.00. The van der Waals surface area contributed by atoms with Gasteiger partial charge in [0.15, 0.2) is 0 Å². The van der Waals surface area contributed by atoms with Gasteiger partial charge in [-0.2, -0.15) is 0 Å². The third kappa shape index (κ3) is 2.91. The Balaban J connectivity index is 2.16. The number of nitrogens with zero attached hydrogens (tertiary/aromatic N) is 2. The van der Waals surface area contributed by atoms with E-state index in [-0.39, 0.29) is 11.9 Å². The summed E-state index contributed by atoms with van der Waals surface area (Å²) in [6, 6.07) is 5.48. The highest BCUT2D eigenvalue weighted by molar-refractivity contribution is 7.12. The Hall–Kier alpha value is -2.34.